The number of piperidine rings is 5. The number of carbonyl (C=O) groups is 10. The molecule has 0 radical (unpaired) electrons. The predicted molar refractivity (Wildman–Crippen MR) is 448 cm³/mol. The molecule has 2 aromatic heterocycles. The van der Waals surface area contributed by atoms with E-state index in [2.05, 4.69) is 88.9 Å². The van der Waals surface area contributed by atoms with Gasteiger partial charge in [-0.2, -0.15) is 9.97 Å². The number of imide groups is 4. The number of nitrogens with zero attached hydrogens (tertiary/aromatic N) is 14. The lowest BCUT2D eigenvalue weighted by Gasteiger charge is -2.44. The summed E-state index contributed by atoms with van der Waals surface area (Å²) in [5, 5.41) is 12.3. The third-order valence-electron chi connectivity index (χ3n) is 25.1. The molecule has 2 unspecified atom stereocenters. The highest BCUT2D eigenvalue weighted by Gasteiger charge is 2.49. The summed E-state index contributed by atoms with van der Waals surface area (Å²) in [4.78, 5) is 170. The number of hydrogen-bond acceptors (Lipinski definition) is 22. The van der Waals surface area contributed by atoms with Crippen molar-refractivity contribution in [3.63, 3.8) is 0 Å². The van der Waals surface area contributed by atoms with E-state index in [1.165, 1.54) is 33.3 Å². The lowest BCUT2D eigenvalue weighted by Crippen LogP contribution is -2.54. The first kappa shape index (κ1) is 78.1. The van der Waals surface area contributed by atoms with E-state index in [1.54, 1.807) is 54.6 Å². The third-order valence-corrected chi connectivity index (χ3v) is 26.4. The van der Waals surface area contributed by atoms with Crippen LogP contribution in [0.1, 0.15) is 166 Å². The average molecular weight is 1670 g/mol. The van der Waals surface area contributed by atoms with Gasteiger partial charge < -0.3 is 40.0 Å². The van der Waals surface area contributed by atoms with Gasteiger partial charge in [-0.15, -0.1) is 0 Å². The van der Waals surface area contributed by atoms with Crippen LogP contribution in [0.4, 0.5) is 57.7 Å². The van der Waals surface area contributed by atoms with Crippen LogP contribution in [-0.4, -0.2) is 197 Å². The number of halogens is 4. The van der Waals surface area contributed by atoms with Crippen LogP contribution in [0.3, 0.4) is 0 Å². The minimum Gasteiger partial charge on any atom is -0.371 e. The summed E-state index contributed by atoms with van der Waals surface area (Å²) in [6.45, 7) is 13.2. The fourth-order valence-electron chi connectivity index (χ4n) is 18.9. The zero-order valence-electron chi connectivity index (χ0n) is 65.1. The molecule has 28 nitrogen and oxygen atoms in total. The van der Waals surface area contributed by atoms with Crippen molar-refractivity contribution in [3.05, 3.63) is 197 Å². The van der Waals surface area contributed by atoms with Crippen LogP contribution in [0, 0.1) is 25.7 Å². The molecule has 10 aliphatic heterocycles. The van der Waals surface area contributed by atoms with Gasteiger partial charge in [0.1, 0.15) is 41.5 Å². The van der Waals surface area contributed by atoms with Crippen molar-refractivity contribution in [2.75, 3.05) is 126 Å². The molecule has 10 amide bonds. The summed E-state index contributed by atoms with van der Waals surface area (Å²) in [6, 6.07) is 29.7. The van der Waals surface area contributed by atoms with Crippen LogP contribution in [0.2, 0.25) is 20.1 Å². The van der Waals surface area contributed by atoms with Gasteiger partial charge in [-0.1, -0.05) is 76.7 Å². The maximum atomic E-state index is 14.8. The second-order valence-corrected chi connectivity index (χ2v) is 34.1. The minimum absolute atomic E-state index is 0.0371. The summed E-state index contributed by atoms with van der Waals surface area (Å²) in [5.41, 5.74) is 10.7. The number of aromatic nitrogens is 4. The normalized spacial score (nSPS) is 20.6. The smallest absolute Gasteiger partial charge is 0.265 e. The van der Waals surface area contributed by atoms with E-state index in [9.17, 15) is 47.9 Å². The minimum atomic E-state index is -1.01. The molecule has 606 valence electrons. The highest BCUT2D eigenvalue weighted by molar-refractivity contribution is 6.42. The number of rotatable bonds is 18. The van der Waals surface area contributed by atoms with E-state index in [1.807, 2.05) is 41.1 Å². The number of aryl methyl sites for hydroxylation is 2. The van der Waals surface area contributed by atoms with Crippen molar-refractivity contribution in [2.24, 2.45) is 11.8 Å². The van der Waals surface area contributed by atoms with Gasteiger partial charge in [-0.05, 0) is 210 Å². The Balaban J connectivity index is 0.490. The third kappa shape index (κ3) is 14.5. The molecule has 12 heterocycles. The Morgan fingerprint density at radius 3 is 1.58 bits per heavy atom. The first-order valence-corrected chi connectivity index (χ1v) is 41.6. The molecule has 6 saturated heterocycles. The van der Waals surface area contributed by atoms with Crippen molar-refractivity contribution in [3.8, 4) is 0 Å². The van der Waals surface area contributed by atoms with Crippen molar-refractivity contribution in [2.45, 2.75) is 109 Å². The molecule has 0 aliphatic carbocycles. The molecular weight excluding hydrogens is 1590 g/mol. The predicted octanol–water partition coefficient (Wildman–Crippen LogP) is 11.9. The Hall–Kier alpha value is -11.1. The molecule has 2 atom stereocenters. The van der Waals surface area contributed by atoms with Crippen molar-refractivity contribution >= 4 is 163 Å². The molecule has 0 saturated carbocycles. The monoisotopic (exact) mass is 1670 g/mol. The number of likely N-dealkylation sites (tertiary alicyclic amines) is 2. The van der Waals surface area contributed by atoms with Crippen LogP contribution in [0.25, 0.3) is 0 Å². The van der Waals surface area contributed by atoms with Gasteiger partial charge in [0.25, 0.3) is 35.4 Å². The second-order valence-electron chi connectivity index (χ2n) is 32.5. The van der Waals surface area contributed by atoms with E-state index in [0.29, 0.717) is 69.3 Å². The number of hydrogen-bond donors (Lipinski definition) is 4. The number of nitrogens with one attached hydrogen (secondary N) is 4. The van der Waals surface area contributed by atoms with Crippen molar-refractivity contribution in [1.29, 1.82) is 0 Å². The quantitative estimate of drug-likeness (QED) is 0.0580. The maximum absolute atomic E-state index is 14.8. The highest BCUT2D eigenvalue weighted by Crippen LogP contribution is 2.46. The lowest BCUT2D eigenvalue weighted by molar-refractivity contribution is -0.137. The lowest BCUT2D eigenvalue weighted by atomic mass is 9.86. The van der Waals surface area contributed by atoms with Crippen LogP contribution in [0.15, 0.2) is 116 Å². The summed E-state index contributed by atoms with van der Waals surface area (Å²) in [5.74, 6) is -1.98. The fourth-order valence-corrected chi connectivity index (χ4v) is 20.2. The number of anilines is 10. The average Bonchev–Trinajstić information content (AvgIpc) is 0.801. The molecule has 4 N–H and O–H groups in total. The van der Waals surface area contributed by atoms with Gasteiger partial charge in [0, 0.05) is 101 Å². The Morgan fingerprint density at radius 2 is 1.00 bits per heavy atom. The zero-order valence-corrected chi connectivity index (χ0v) is 68.1. The van der Waals surface area contributed by atoms with Crippen LogP contribution in [0.5, 0.6) is 0 Å². The Bertz CT molecular complexity index is 5550. The van der Waals surface area contributed by atoms with E-state index >= 15 is 0 Å². The molecule has 0 bridgehead atoms. The summed E-state index contributed by atoms with van der Waals surface area (Å²) >= 11 is 28.2. The summed E-state index contributed by atoms with van der Waals surface area (Å²) < 4.78 is 0. The van der Waals surface area contributed by atoms with Crippen LogP contribution in [-0.2, 0) is 25.7 Å². The Morgan fingerprint density at radius 1 is 0.475 bits per heavy atom. The fraction of sp³-hybridized carbons (Fsp3) is 0.372. The first-order valence-electron chi connectivity index (χ1n) is 40.1. The number of fused-ring (bicyclic) bond motifs is 4. The van der Waals surface area contributed by atoms with E-state index < -0.39 is 71.2 Å². The van der Waals surface area contributed by atoms with Crippen LogP contribution < -0.4 is 50.7 Å². The summed E-state index contributed by atoms with van der Waals surface area (Å²) in [7, 11) is 1.83. The Kier molecular flexibility index (Phi) is 20.9. The SMILES string of the molecule is Cc1cc(Nc2ncc3c(n2)N(C)CN(c2c(Cl)ccc(CN4CN(c5c(Cl)cccc5Cl)C(=O)c5cnc(Nc6ccc(C7CCN(CC8CN(c9ccc%10c(c9)C(=O)N(C9CCC(=O)NC9=O)C%10=O)C8)CC7)c(C)c6)nc54)c2Cl)C3=O)ccc1C1CCN(CC2CCN(c3cccc4c3C(=O)N(C3CCC(=O)NC3=O)C4=O)CC2)CC1. The molecule has 6 aromatic carbocycles. The topological polar surface area (TPSA) is 303 Å². The zero-order chi connectivity index (χ0) is 81.8. The second kappa shape index (κ2) is 31.6. The van der Waals surface area contributed by atoms with E-state index in [0.717, 1.165) is 142 Å². The van der Waals surface area contributed by atoms with Gasteiger partial charge in [-0.25, -0.2) is 9.97 Å². The van der Waals surface area contributed by atoms with Gasteiger partial charge in [0.05, 0.1) is 66.1 Å². The summed E-state index contributed by atoms with van der Waals surface area (Å²) in [6.07, 6.45) is 9.23. The number of amides is 10. The van der Waals surface area contributed by atoms with Gasteiger partial charge in [0.15, 0.2) is 0 Å². The standard InChI is InChI=1S/C86H84Cl4N18O10/c1-46-34-53(11-14-56(46)50-24-28-100(29-25-50)39-48-22-32-102(33-23-48)66-9-4-6-59-71(66)84(118)108(82(59)116)68-19-21-70(110)96-78(68)112)93-85-91-37-61-75(97-85)99(3)44-105(79(61)113)74-65(89)17-10-52(72(74)90)43-104-45-106(73-63(87)7-5-8-64(73)88)80(114)62-38-92-86(98-76(62)104)94-54-12-15-57(47(2)35-54)51-26-30-101(31-27-51)40-49-41-103(42-49)55-13-16-58-60(36-55)83(117)107(81(58)115)67-18-20-69(109)95-77(67)111/h4-17,34-38,48-51,67-68H,18-33,39-45H2,1-3H3,(H,91,93,97)(H,92,94,98)(H,95,109,111)(H,96,110,112). The van der Waals surface area contributed by atoms with Gasteiger partial charge >= 0.3 is 0 Å². The van der Waals surface area contributed by atoms with Gasteiger partial charge in [-0.3, -0.25) is 78.2 Å². The molecule has 6 fully saturated rings. The molecule has 8 aromatic rings. The van der Waals surface area contributed by atoms with Gasteiger partial charge in [0.2, 0.25) is 35.5 Å². The highest BCUT2D eigenvalue weighted by atomic mass is 35.5. The molecule has 0 spiro atoms. The largest absolute Gasteiger partial charge is 0.371 e. The van der Waals surface area contributed by atoms with Crippen molar-refractivity contribution in [1.82, 2.24) is 50.2 Å². The molecular formula is C86H84Cl4N18O10. The van der Waals surface area contributed by atoms with Crippen LogP contribution >= 0.6 is 46.4 Å². The molecule has 18 rings (SSSR count). The number of carbonyl (C=O) groups excluding carboxylic acids is 10. The maximum Gasteiger partial charge on any atom is 0.265 e. The van der Waals surface area contributed by atoms with E-state index in [-0.39, 0.29) is 99.5 Å². The molecule has 10 aliphatic rings. The number of para-hydroxylation sites is 1. The number of benzene rings is 6. The molecule has 32 heteroatoms. The Labute approximate surface area is 700 Å². The first-order chi connectivity index (χ1) is 56.9. The molecule has 118 heavy (non-hydrogen) atoms. The van der Waals surface area contributed by atoms with Crippen molar-refractivity contribution < 1.29 is 47.9 Å². The van der Waals surface area contributed by atoms with E-state index in [4.69, 9.17) is 56.4 Å².